The van der Waals surface area contributed by atoms with Gasteiger partial charge in [-0.2, -0.15) is 0 Å². The standard InChI is InChI=1S/C19H19NO4/c21-18(13-24-12-14-6-2-1-3-7-14)20-10-15-8-4-5-9-16(15)17(11-20)19(22)23/h1-9,17H,10-13H2,(H,22,23)/t17-/m0/s1. The molecule has 1 aliphatic heterocycles. The summed E-state index contributed by atoms with van der Waals surface area (Å²) in [7, 11) is 0. The largest absolute Gasteiger partial charge is 0.481 e. The molecule has 124 valence electrons. The number of amides is 1. The molecule has 0 aromatic heterocycles. The molecule has 0 unspecified atom stereocenters. The van der Waals surface area contributed by atoms with E-state index in [-0.39, 0.29) is 19.1 Å². The van der Waals surface area contributed by atoms with Crippen molar-refractivity contribution in [2.24, 2.45) is 0 Å². The second kappa shape index (κ2) is 7.27. The first-order valence-corrected chi connectivity index (χ1v) is 7.85. The van der Waals surface area contributed by atoms with Crippen molar-refractivity contribution in [1.29, 1.82) is 0 Å². The van der Waals surface area contributed by atoms with E-state index in [1.807, 2.05) is 54.6 Å². The maximum atomic E-state index is 12.4. The number of ether oxygens (including phenoxy) is 1. The van der Waals surface area contributed by atoms with Crippen LogP contribution in [0.25, 0.3) is 0 Å². The fourth-order valence-corrected chi connectivity index (χ4v) is 2.93. The van der Waals surface area contributed by atoms with Gasteiger partial charge >= 0.3 is 5.97 Å². The number of aliphatic carboxylic acids is 1. The van der Waals surface area contributed by atoms with Crippen LogP contribution in [0.3, 0.4) is 0 Å². The molecule has 2 aromatic carbocycles. The lowest BCUT2D eigenvalue weighted by atomic mass is 9.90. The van der Waals surface area contributed by atoms with Gasteiger partial charge in [-0.15, -0.1) is 0 Å². The first kappa shape index (κ1) is 16.2. The summed E-state index contributed by atoms with van der Waals surface area (Å²) in [6.45, 7) is 0.913. The van der Waals surface area contributed by atoms with Gasteiger partial charge in [0.1, 0.15) is 6.61 Å². The first-order chi connectivity index (χ1) is 11.6. The Morgan fingerprint density at radius 1 is 1.08 bits per heavy atom. The predicted octanol–water partition coefficient (Wildman–Crippen LogP) is 2.41. The van der Waals surface area contributed by atoms with Crippen molar-refractivity contribution < 1.29 is 19.4 Å². The van der Waals surface area contributed by atoms with E-state index < -0.39 is 11.9 Å². The van der Waals surface area contributed by atoms with E-state index >= 15 is 0 Å². The molecule has 3 rings (SSSR count). The van der Waals surface area contributed by atoms with E-state index in [4.69, 9.17) is 4.74 Å². The van der Waals surface area contributed by atoms with E-state index in [0.29, 0.717) is 13.2 Å². The Hall–Kier alpha value is -2.66. The molecule has 1 atom stereocenters. The smallest absolute Gasteiger partial charge is 0.312 e. The van der Waals surface area contributed by atoms with Gasteiger partial charge in [0, 0.05) is 13.1 Å². The van der Waals surface area contributed by atoms with E-state index in [1.165, 1.54) is 0 Å². The number of nitrogens with zero attached hydrogens (tertiary/aromatic N) is 1. The van der Waals surface area contributed by atoms with Crippen LogP contribution in [0.5, 0.6) is 0 Å². The van der Waals surface area contributed by atoms with Crippen molar-refractivity contribution in [1.82, 2.24) is 4.90 Å². The molecule has 0 spiro atoms. The summed E-state index contributed by atoms with van der Waals surface area (Å²) in [6, 6.07) is 17.0. The third-order valence-electron chi connectivity index (χ3n) is 4.18. The van der Waals surface area contributed by atoms with Crippen LogP contribution in [0.15, 0.2) is 54.6 Å². The van der Waals surface area contributed by atoms with Crippen LogP contribution in [0, 0.1) is 0 Å². The fraction of sp³-hybridized carbons (Fsp3) is 0.263. The average Bonchev–Trinajstić information content (AvgIpc) is 2.61. The van der Waals surface area contributed by atoms with Gasteiger partial charge in [-0.1, -0.05) is 54.6 Å². The minimum absolute atomic E-state index is 0.0522. The highest BCUT2D eigenvalue weighted by Gasteiger charge is 2.32. The molecule has 24 heavy (non-hydrogen) atoms. The Morgan fingerprint density at radius 3 is 2.54 bits per heavy atom. The molecule has 0 fully saturated rings. The molecule has 0 saturated carbocycles. The summed E-state index contributed by atoms with van der Waals surface area (Å²) in [4.78, 5) is 25.5. The summed E-state index contributed by atoms with van der Waals surface area (Å²) in [5.74, 6) is -1.79. The topological polar surface area (TPSA) is 66.8 Å². The maximum absolute atomic E-state index is 12.4. The minimum atomic E-state index is -0.912. The fourth-order valence-electron chi connectivity index (χ4n) is 2.93. The van der Waals surface area contributed by atoms with Crippen molar-refractivity contribution >= 4 is 11.9 Å². The third-order valence-corrected chi connectivity index (χ3v) is 4.18. The van der Waals surface area contributed by atoms with Gasteiger partial charge in [0.15, 0.2) is 0 Å². The number of hydrogen-bond acceptors (Lipinski definition) is 3. The summed E-state index contributed by atoms with van der Waals surface area (Å²) in [5, 5.41) is 9.44. The molecule has 0 bridgehead atoms. The normalized spacial score (nSPS) is 16.5. The lowest BCUT2D eigenvalue weighted by Gasteiger charge is -2.32. The molecule has 1 aliphatic rings. The van der Waals surface area contributed by atoms with Crippen molar-refractivity contribution in [3.05, 3.63) is 71.3 Å². The van der Waals surface area contributed by atoms with Gasteiger partial charge in [-0.3, -0.25) is 9.59 Å². The van der Waals surface area contributed by atoms with Crippen molar-refractivity contribution in [3.63, 3.8) is 0 Å². The molecule has 1 heterocycles. The molecule has 5 heteroatoms. The number of carbonyl (C=O) groups is 2. The Labute approximate surface area is 140 Å². The highest BCUT2D eigenvalue weighted by molar-refractivity contribution is 5.82. The van der Waals surface area contributed by atoms with E-state index in [9.17, 15) is 14.7 Å². The van der Waals surface area contributed by atoms with Crippen LogP contribution in [-0.2, 0) is 27.5 Å². The third kappa shape index (κ3) is 3.63. The molecule has 5 nitrogen and oxygen atoms in total. The van der Waals surface area contributed by atoms with Crippen molar-refractivity contribution in [3.8, 4) is 0 Å². The number of rotatable bonds is 5. The van der Waals surface area contributed by atoms with Crippen LogP contribution in [-0.4, -0.2) is 35.0 Å². The molecule has 2 aromatic rings. The average molecular weight is 325 g/mol. The Kier molecular flexibility index (Phi) is 4.91. The number of carbonyl (C=O) groups excluding carboxylic acids is 1. The highest BCUT2D eigenvalue weighted by atomic mass is 16.5. The summed E-state index contributed by atoms with van der Waals surface area (Å²) < 4.78 is 5.48. The maximum Gasteiger partial charge on any atom is 0.312 e. The molecule has 1 N–H and O–H groups in total. The SMILES string of the molecule is O=C(O)[C@H]1CN(C(=O)COCc2ccccc2)Cc2ccccc21. The minimum Gasteiger partial charge on any atom is -0.481 e. The lowest BCUT2D eigenvalue weighted by molar-refractivity contribution is -0.143. The van der Waals surface area contributed by atoms with Crippen molar-refractivity contribution in [2.75, 3.05) is 13.2 Å². The number of hydrogen-bond donors (Lipinski definition) is 1. The monoisotopic (exact) mass is 325 g/mol. The number of carboxylic acid groups (broad SMARTS) is 1. The van der Waals surface area contributed by atoms with Crippen molar-refractivity contribution in [2.45, 2.75) is 19.1 Å². The Bertz CT molecular complexity index is 729. The van der Waals surface area contributed by atoms with E-state index in [2.05, 4.69) is 0 Å². The van der Waals surface area contributed by atoms with Crippen LogP contribution in [0.2, 0.25) is 0 Å². The molecular weight excluding hydrogens is 306 g/mol. The summed E-state index contributed by atoms with van der Waals surface area (Å²) in [5.41, 5.74) is 2.67. The van der Waals surface area contributed by atoms with E-state index in [1.54, 1.807) is 4.90 Å². The molecule has 0 radical (unpaired) electrons. The van der Waals surface area contributed by atoms with Crippen LogP contribution < -0.4 is 0 Å². The summed E-state index contributed by atoms with van der Waals surface area (Å²) in [6.07, 6.45) is 0. The van der Waals surface area contributed by atoms with Gasteiger partial charge in [0.25, 0.3) is 0 Å². The number of benzene rings is 2. The highest BCUT2D eigenvalue weighted by Crippen LogP contribution is 2.28. The van der Waals surface area contributed by atoms with Gasteiger partial charge < -0.3 is 14.7 Å². The van der Waals surface area contributed by atoms with Crippen LogP contribution in [0.1, 0.15) is 22.6 Å². The van der Waals surface area contributed by atoms with Gasteiger partial charge in [0.2, 0.25) is 5.91 Å². The molecule has 0 aliphatic carbocycles. The van der Waals surface area contributed by atoms with Crippen LogP contribution >= 0.6 is 0 Å². The Morgan fingerprint density at radius 2 is 1.79 bits per heavy atom. The zero-order valence-corrected chi connectivity index (χ0v) is 13.2. The van der Waals surface area contributed by atoms with Crippen LogP contribution in [0.4, 0.5) is 0 Å². The molecule has 0 saturated heterocycles. The van der Waals surface area contributed by atoms with Gasteiger partial charge in [-0.05, 0) is 16.7 Å². The zero-order chi connectivity index (χ0) is 16.9. The predicted molar refractivity (Wildman–Crippen MR) is 88.3 cm³/mol. The summed E-state index contributed by atoms with van der Waals surface area (Å²) >= 11 is 0. The second-order valence-electron chi connectivity index (χ2n) is 5.84. The quantitative estimate of drug-likeness (QED) is 0.917. The zero-order valence-electron chi connectivity index (χ0n) is 13.2. The van der Waals surface area contributed by atoms with Gasteiger partial charge in [-0.25, -0.2) is 0 Å². The number of carboxylic acids is 1. The molecular formula is C19H19NO4. The Balaban J connectivity index is 1.62. The lowest BCUT2D eigenvalue weighted by Crippen LogP contribution is -2.42. The first-order valence-electron chi connectivity index (χ1n) is 7.85. The number of fused-ring (bicyclic) bond motifs is 1. The molecule has 1 amide bonds. The second-order valence-corrected chi connectivity index (χ2v) is 5.84. The van der Waals surface area contributed by atoms with E-state index in [0.717, 1.165) is 16.7 Å². The van der Waals surface area contributed by atoms with Gasteiger partial charge in [0.05, 0.1) is 12.5 Å².